The van der Waals surface area contributed by atoms with Crippen molar-refractivity contribution in [2.75, 3.05) is 18.1 Å². The molecule has 3 rings (SSSR count). The number of ether oxygens (including phenoxy) is 1. The van der Waals surface area contributed by atoms with E-state index in [0.29, 0.717) is 11.4 Å². The number of nitrogen functional groups attached to an aromatic ring is 1. The van der Waals surface area contributed by atoms with Crippen LogP contribution in [-0.4, -0.2) is 25.3 Å². The van der Waals surface area contributed by atoms with Gasteiger partial charge in [-0.1, -0.05) is 18.2 Å². The SMILES string of the molecule is Cc1cc(N=Nc2ccc3cccc(OCCCS(=O)(=O)O)c3c2)c(C)cc1N. The van der Waals surface area contributed by atoms with Gasteiger partial charge in [0.15, 0.2) is 0 Å². The lowest BCUT2D eigenvalue weighted by Crippen LogP contribution is -2.08. The van der Waals surface area contributed by atoms with E-state index in [2.05, 4.69) is 10.2 Å². The minimum atomic E-state index is -3.99. The first kappa shape index (κ1) is 20.8. The van der Waals surface area contributed by atoms with Gasteiger partial charge in [-0.15, -0.1) is 0 Å². The third kappa shape index (κ3) is 5.52. The molecule has 0 saturated carbocycles. The normalized spacial score (nSPS) is 12.0. The topological polar surface area (TPSA) is 114 Å². The van der Waals surface area contributed by atoms with E-state index >= 15 is 0 Å². The molecule has 0 aliphatic carbocycles. The maximum absolute atomic E-state index is 10.8. The van der Waals surface area contributed by atoms with Gasteiger partial charge in [0, 0.05) is 11.1 Å². The summed E-state index contributed by atoms with van der Waals surface area (Å²) in [4.78, 5) is 0. The average molecular weight is 413 g/mol. The van der Waals surface area contributed by atoms with Gasteiger partial charge in [-0.2, -0.15) is 18.6 Å². The number of aryl methyl sites for hydroxylation is 2. The summed E-state index contributed by atoms with van der Waals surface area (Å²) in [5, 5.41) is 10.5. The number of nitrogens with two attached hydrogens (primary N) is 1. The molecular formula is C21H23N3O4S. The van der Waals surface area contributed by atoms with E-state index in [1.165, 1.54) is 0 Å². The number of rotatable bonds is 7. The molecule has 8 heteroatoms. The van der Waals surface area contributed by atoms with Gasteiger partial charge in [-0.05, 0) is 67.1 Å². The summed E-state index contributed by atoms with van der Waals surface area (Å²) in [6.07, 6.45) is 0.199. The van der Waals surface area contributed by atoms with Crippen LogP contribution in [0, 0.1) is 13.8 Å². The van der Waals surface area contributed by atoms with Crippen LogP contribution in [-0.2, 0) is 10.1 Å². The zero-order valence-electron chi connectivity index (χ0n) is 16.3. The summed E-state index contributed by atoms with van der Waals surface area (Å²) in [6, 6.07) is 15.1. The largest absolute Gasteiger partial charge is 0.493 e. The molecule has 0 saturated heterocycles. The van der Waals surface area contributed by atoms with Crippen molar-refractivity contribution in [1.29, 1.82) is 0 Å². The molecule has 0 amide bonds. The van der Waals surface area contributed by atoms with Crippen molar-refractivity contribution in [3.05, 3.63) is 59.7 Å². The zero-order chi connectivity index (χ0) is 21.0. The fraction of sp³-hybridized carbons (Fsp3) is 0.238. The monoisotopic (exact) mass is 413 g/mol. The van der Waals surface area contributed by atoms with Gasteiger partial charge in [0.1, 0.15) is 5.75 Å². The first-order valence-electron chi connectivity index (χ1n) is 9.12. The highest BCUT2D eigenvalue weighted by Gasteiger charge is 2.07. The molecule has 0 bridgehead atoms. The maximum atomic E-state index is 10.8. The molecule has 0 fully saturated rings. The van der Waals surface area contributed by atoms with Gasteiger partial charge in [-0.3, -0.25) is 4.55 Å². The standard InChI is InChI=1S/C21H23N3O4S/c1-14-12-20(15(2)11-19(14)22)24-23-17-8-7-16-5-3-6-21(18(16)13-17)28-9-4-10-29(25,26)27/h3,5-8,11-13H,4,9-10,22H2,1-2H3,(H,25,26,27). The highest BCUT2D eigenvalue weighted by atomic mass is 32.2. The van der Waals surface area contributed by atoms with E-state index in [0.717, 1.165) is 33.3 Å². The van der Waals surface area contributed by atoms with E-state index in [4.69, 9.17) is 15.0 Å². The van der Waals surface area contributed by atoms with E-state index < -0.39 is 10.1 Å². The highest BCUT2D eigenvalue weighted by Crippen LogP contribution is 2.31. The van der Waals surface area contributed by atoms with E-state index in [-0.39, 0.29) is 18.8 Å². The molecule has 3 aromatic rings. The molecule has 0 heterocycles. The number of nitrogens with zero attached hydrogens (tertiary/aromatic N) is 2. The second-order valence-electron chi connectivity index (χ2n) is 6.84. The number of fused-ring (bicyclic) bond motifs is 1. The van der Waals surface area contributed by atoms with Crippen molar-refractivity contribution in [2.24, 2.45) is 10.2 Å². The van der Waals surface area contributed by atoms with Crippen molar-refractivity contribution < 1.29 is 17.7 Å². The first-order valence-corrected chi connectivity index (χ1v) is 10.7. The van der Waals surface area contributed by atoms with Crippen molar-refractivity contribution in [3.63, 3.8) is 0 Å². The van der Waals surface area contributed by atoms with Gasteiger partial charge < -0.3 is 10.5 Å². The molecule has 29 heavy (non-hydrogen) atoms. The van der Waals surface area contributed by atoms with Crippen molar-refractivity contribution in [3.8, 4) is 5.75 Å². The van der Waals surface area contributed by atoms with Crippen LogP contribution in [0.15, 0.2) is 58.8 Å². The maximum Gasteiger partial charge on any atom is 0.264 e. The zero-order valence-corrected chi connectivity index (χ0v) is 17.1. The number of anilines is 1. The van der Waals surface area contributed by atoms with Crippen LogP contribution >= 0.6 is 0 Å². The molecule has 0 unspecified atom stereocenters. The lowest BCUT2D eigenvalue weighted by atomic mass is 10.1. The van der Waals surface area contributed by atoms with Crippen LogP contribution in [0.5, 0.6) is 5.75 Å². The van der Waals surface area contributed by atoms with E-state index in [1.807, 2.05) is 62.4 Å². The van der Waals surface area contributed by atoms with Gasteiger partial charge in [-0.25, -0.2) is 0 Å². The molecule has 152 valence electrons. The average Bonchev–Trinajstić information content (AvgIpc) is 2.66. The van der Waals surface area contributed by atoms with Crippen molar-refractivity contribution in [2.45, 2.75) is 20.3 Å². The Bertz CT molecular complexity index is 1170. The Balaban J connectivity index is 1.82. The van der Waals surface area contributed by atoms with Crippen LogP contribution in [0.1, 0.15) is 17.5 Å². The summed E-state index contributed by atoms with van der Waals surface area (Å²) < 4.78 is 36.2. The molecule has 0 aliphatic rings. The van der Waals surface area contributed by atoms with E-state index in [1.54, 1.807) is 0 Å². The predicted molar refractivity (Wildman–Crippen MR) is 115 cm³/mol. The molecule has 0 atom stereocenters. The summed E-state index contributed by atoms with van der Waals surface area (Å²) in [6.45, 7) is 4.03. The lowest BCUT2D eigenvalue weighted by molar-refractivity contribution is 0.320. The minimum absolute atomic E-state index is 0.175. The Hall–Kier alpha value is -2.97. The number of azo groups is 1. The Morgan fingerprint density at radius 2 is 1.83 bits per heavy atom. The second kappa shape index (κ2) is 8.59. The molecule has 0 aliphatic heterocycles. The molecule has 7 nitrogen and oxygen atoms in total. The second-order valence-corrected chi connectivity index (χ2v) is 8.42. The van der Waals surface area contributed by atoms with Crippen LogP contribution in [0.3, 0.4) is 0 Å². The fourth-order valence-electron chi connectivity index (χ4n) is 2.89. The van der Waals surface area contributed by atoms with Crippen LogP contribution in [0.4, 0.5) is 17.1 Å². The summed E-state index contributed by atoms with van der Waals surface area (Å²) >= 11 is 0. The molecule has 0 radical (unpaired) electrons. The van der Waals surface area contributed by atoms with Crippen molar-refractivity contribution in [1.82, 2.24) is 0 Å². The smallest absolute Gasteiger partial charge is 0.264 e. The number of hydrogen-bond donors (Lipinski definition) is 2. The summed E-state index contributed by atoms with van der Waals surface area (Å²) in [5.41, 5.74) is 9.96. The van der Waals surface area contributed by atoms with E-state index in [9.17, 15) is 8.42 Å². The Morgan fingerprint density at radius 1 is 1.03 bits per heavy atom. The summed E-state index contributed by atoms with van der Waals surface area (Å²) in [5.74, 6) is 0.284. The molecule has 3 N–H and O–H groups in total. The number of hydrogen-bond acceptors (Lipinski definition) is 6. The van der Waals surface area contributed by atoms with Crippen molar-refractivity contribution >= 4 is 38.0 Å². The Labute approximate surface area is 170 Å². The first-order chi connectivity index (χ1) is 13.7. The predicted octanol–water partition coefficient (Wildman–Crippen LogP) is 5.11. The molecule has 0 aromatic heterocycles. The Morgan fingerprint density at radius 3 is 2.59 bits per heavy atom. The van der Waals surface area contributed by atoms with Gasteiger partial charge in [0.25, 0.3) is 10.1 Å². The van der Waals surface area contributed by atoms with Crippen LogP contribution in [0.2, 0.25) is 0 Å². The lowest BCUT2D eigenvalue weighted by Gasteiger charge is -2.09. The minimum Gasteiger partial charge on any atom is -0.493 e. The highest BCUT2D eigenvalue weighted by molar-refractivity contribution is 7.85. The number of benzene rings is 3. The molecule has 0 spiro atoms. The van der Waals surface area contributed by atoms with Crippen LogP contribution in [0.25, 0.3) is 10.8 Å². The van der Waals surface area contributed by atoms with Crippen LogP contribution < -0.4 is 10.5 Å². The van der Waals surface area contributed by atoms with Gasteiger partial charge in [0.2, 0.25) is 0 Å². The Kier molecular flexibility index (Phi) is 6.14. The molecule has 3 aromatic carbocycles. The third-order valence-corrected chi connectivity index (χ3v) is 5.29. The summed E-state index contributed by atoms with van der Waals surface area (Å²) in [7, 11) is -3.99. The molecular weight excluding hydrogens is 390 g/mol. The quantitative estimate of drug-likeness (QED) is 0.242. The van der Waals surface area contributed by atoms with Gasteiger partial charge in [0.05, 0.1) is 23.7 Å². The fourth-order valence-corrected chi connectivity index (χ4v) is 3.37. The third-order valence-electron chi connectivity index (χ3n) is 4.49. The van der Waals surface area contributed by atoms with Gasteiger partial charge >= 0.3 is 0 Å².